The first kappa shape index (κ1) is 14.3. The number of benzene rings is 1. The van der Waals surface area contributed by atoms with E-state index in [4.69, 9.17) is 5.84 Å². The second kappa shape index (κ2) is 5.46. The van der Waals surface area contributed by atoms with Gasteiger partial charge in [-0.3, -0.25) is 20.8 Å². The van der Waals surface area contributed by atoms with Crippen molar-refractivity contribution in [1.82, 2.24) is 4.90 Å². The van der Waals surface area contributed by atoms with Crippen molar-refractivity contribution in [3.8, 4) is 0 Å². The largest absolute Gasteiger partial charge is 0.339 e. The Labute approximate surface area is 116 Å². The standard InChI is InChI=1S/C13H18N4O3/c1-8(9-3-4-9)16(2)13(18)11-7-10(17(19)20)5-6-12(11)15-14/h5-9,15H,3-4,14H2,1-2H3. The lowest BCUT2D eigenvalue weighted by atomic mass is 10.1. The molecule has 1 aliphatic rings. The van der Waals surface area contributed by atoms with E-state index in [0.29, 0.717) is 11.6 Å². The summed E-state index contributed by atoms with van der Waals surface area (Å²) in [5.41, 5.74) is 2.89. The van der Waals surface area contributed by atoms with Gasteiger partial charge < -0.3 is 10.3 Å². The van der Waals surface area contributed by atoms with Crippen molar-refractivity contribution in [1.29, 1.82) is 0 Å². The van der Waals surface area contributed by atoms with Crippen LogP contribution in [0.4, 0.5) is 11.4 Å². The minimum absolute atomic E-state index is 0.118. The molecule has 1 aromatic rings. The van der Waals surface area contributed by atoms with Crippen LogP contribution in [0.1, 0.15) is 30.1 Å². The first-order chi connectivity index (χ1) is 9.45. The highest BCUT2D eigenvalue weighted by atomic mass is 16.6. The molecule has 0 aliphatic heterocycles. The van der Waals surface area contributed by atoms with E-state index in [9.17, 15) is 14.9 Å². The van der Waals surface area contributed by atoms with Crippen LogP contribution < -0.4 is 11.3 Å². The molecule has 3 N–H and O–H groups in total. The molecule has 7 heteroatoms. The van der Waals surface area contributed by atoms with E-state index in [2.05, 4.69) is 5.43 Å². The molecule has 1 atom stereocenters. The van der Waals surface area contributed by atoms with Crippen molar-refractivity contribution in [2.24, 2.45) is 11.8 Å². The van der Waals surface area contributed by atoms with Gasteiger partial charge in [0.05, 0.1) is 16.2 Å². The van der Waals surface area contributed by atoms with E-state index in [0.717, 1.165) is 12.8 Å². The van der Waals surface area contributed by atoms with Crippen molar-refractivity contribution in [2.75, 3.05) is 12.5 Å². The molecule has 1 amide bonds. The Bertz CT molecular complexity index is 542. The van der Waals surface area contributed by atoms with Gasteiger partial charge in [-0.05, 0) is 31.7 Å². The highest BCUT2D eigenvalue weighted by Crippen LogP contribution is 2.35. The fourth-order valence-electron chi connectivity index (χ4n) is 2.22. The summed E-state index contributed by atoms with van der Waals surface area (Å²) >= 11 is 0. The van der Waals surface area contributed by atoms with Crippen molar-refractivity contribution in [3.63, 3.8) is 0 Å². The number of anilines is 1. The smallest absolute Gasteiger partial charge is 0.270 e. The van der Waals surface area contributed by atoms with E-state index in [1.54, 1.807) is 11.9 Å². The van der Waals surface area contributed by atoms with Crippen molar-refractivity contribution >= 4 is 17.3 Å². The number of hydrogen-bond donors (Lipinski definition) is 2. The van der Waals surface area contributed by atoms with Crippen LogP contribution in [0.25, 0.3) is 0 Å². The van der Waals surface area contributed by atoms with Gasteiger partial charge in [0.2, 0.25) is 0 Å². The number of nitrogen functional groups attached to an aromatic ring is 1. The van der Waals surface area contributed by atoms with E-state index < -0.39 is 4.92 Å². The van der Waals surface area contributed by atoms with Gasteiger partial charge in [0, 0.05) is 25.2 Å². The molecular formula is C13H18N4O3. The van der Waals surface area contributed by atoms with Gasteiger partial charge in [-0.15, -0.1) is 0 Å². The number of nitrogens with zero attached hydrogens (tertiary/aromatic N) is 2. The zero-order chi connectivity index (χ0) is 14.9. The van der Waals surface area contributed by atoms with Crippen molar-refractivity contribution in [2.45, 2.75) is 25.8 Å². The third-order valence-corrected chi connectivity index (χ3v) is 3.84. The highest BCUT2D eigenvalue weighted by molar-refractivity contribution is 6.00. The lowest BCUT2D eigenvalue weighted by Gasteiger charge is -2.25. The SMILES string of the molecule is CC(C1CC1)N(C)C(=O)c1cc([N+](=O)[O-])ccc1NN. The van der Waals surface area contributed by atoms with E-state index in [1.165, 1.54) is 18.2 Å². The number of nitrogens with two attached hydrogens (primary N) is 1. The van der Waals surface area contributed by atoms with Crippen LogP contribution in [0.5, 0.6) is 0 Å². The molecule has 108 valence electrons. The van der Waals surface area contributed by atoms with Gasteiger partial charge in [0.25, 0.3) is 11.6 Å². The molecule has 0 saturated heterocycles. The molecule has 0 heterocycles. The van der Waals surface area contributed by atoms with Gasteiger partial charge in [0.15, 0.2) is 0 Å². The Kier molecular flexibility index (Phi) is 3.89. The molecule has 0 aromatic heterocycles. The van der Waals surface area contributed by atoms with Crippen LogP contribution >= 0.6 is 0 Å². The van der Waals surface area contributed by atoms with E-state index in [-0.39, 0.29) is 23.2 Å². The number of nitro groups is 1. The molecule has 1 fully saturated rings. The number of rotatable bonds is 5. The predicted molar refractivity (Wildman–Crippen MR) is 75.2 cm³/mol. The number of amides is 1. The lowest BCUT2D eigenvalue weighted by molar-refractivity contribution is -0.384. The number of nitrogens with one attached hydrogen (secondary N) is 1. The van der Waals surface area contributed by atoms with Gasteiger partial charge in [-0.25, -0.2) is 0 Å². The Hall–Kier alpha value is -2.15. The second-order valence-electron chi connectivity index (χ2n) is 5.13. The molecule has 0 radical (unpaired) electrons. The summed E-state index contributed by atoms with van der Waals surface area (Å²) in [6.07, 6.45) is 2.24. The summed E-state index contributed by atoms with van der Waals surface area (Å²) in [6, 6.07) is 4.14. The van der Waals surface area contributed by atoms with Crippen LogP contribution in [0.3, 0.4) is 0 Å². The average Bonchev–Trinajstić information content (AvgIpc) is 3.28. The fourth-order valence-corrected chi connectivity index (χ4v) is 2.22. The third kappa shape index (κ3) is 2.72. The highest BCUT2D eigenvalue weighted by Gasteiger charge is 2.33. The molecule has 2 rings (SSSR count). The molecule has 0 spiro atoms. The Morgan fingerprint density at radius 1 is 1.55 bits per heavy atom. The summed E-state index contributed by atoms with van der Waals surface area (Å²) in [6.45, 7) is 1.99. The van der Waals surface area contributed by atoms with E-state index >= 15 is 0 Å². The Morgan fingerprint density at radius 3 is 2.70 bits per heavy atom. The van der Waals surface area contributed by atoms with Crippen molar-refractivity contribution < 1.29 is 9.72 Å². The average molecular weight is 278 g/mol. The molecule has 0 bridgehead atoms. The van der Waals surface area contributed by atoms with Crippen LogP contribution in [0.2, 0.25) is 0 Å². The fraction of sp³-hybridized carbons (Fsp3) is 0.462. The number of hydrogen-bond acceptors (Lipinski definition) is 5. The molecule has 1 aromatic carbocycles. The maximum absolute atomic E-state index is 12.5. The summed E-state index contributed by atoms with van der Waals surface area (Å²) < 4.78 is 0. The molecule has 1 saturated carbocycles. The minimum Gasteiger partial charge on any atom is -0.339 e. The first-order valence-corrected chi connectivity index (χ1v) is 6.48. The summed E-state index contributed by atoms with van der Waals surface area (Å²) in [7, 11) is 1.71. The van der Waals surface area contributed by atoms with Crippen LogP contribution in [0.15, 0.2) is 18.2 Å². The number of carbonyl (C=O) groups excluding carboxylic acids is 1. The van der Waals surface area contributed by atoms with Gasteiger partial charge >= 0.3 is 0 Å². The number of hydrazine groups is 1. The Morgan fingerprint density at radius 2 is 2.20 bits per heavy atom. The van der Waals surface area contributed by atoms with Gasteiger partial charge in [-0.1, -0.05) is 0 Å². The number of nitro benzene ring substituents is 1. The quantitative estimate of drug-likeness (QED) is 0.485. The molecule has 1 aliphatic carbocycles. The van der Waals surface area contributed by atoms with Gasteiger partial charge in [0.1, 0.15) is 0 Å². The third-order valence-electron chi connectivity index (χ3n) is 3.84. The zero-order valence-corrected chi connectivity index (χ0v) is 11.5. The summed E-state index contributed by atoms with van der Waals surface area (Å²) in [5, 5.41) is 10.8. The second-order valence-corrected chi connectivity index (χ2v) is 5.13. The summed E-state index contributed by atoms with van der Waals surface area (Å²) in [4.78, 5) is 24.4. The topological polar surface area (TPSA) is 102 Å². The zero-order valence-electron chi connectivity index (χ0n) is 11.5. The van der Waals surface area contributed by atoms with Crippen molar-refractivity contribution in [3.05, 3.63) is 33.9 Å². The normalized spacial score (nSPS) is 15.6. The Balaban J connectivity index is 2.31. The molecule has 1 unspecified atom stereocenters. The maximum atomic E-state index is 12.5. The number of non-ortho nitro benzene ring substituents is 1. The monoisotopic (exact) mass is 278 g/mol. The molecule has 20 heavy (non-hydrogen) atoms. The molecular weight excluding hydrogens is 260 g/mol. The maximum Gasteiger partial charge on any atom is 0.270 e. The van der Waals surface area contributed by atoms with Crippen LogP contribution in [0, 0.1) is 16.0 Å². The molecule has 7 nitrogen and oxygen atoms in total. The first-order valence-electron chi connectivity index (χ1n) is 6.48. The summed E-state index contributed by atoms with van der Waals surface area (Å²) in [5.74, 6) is 5.63. The lowest BCUT2D eigenvalue weighted by Crippen LogP contribution is -2.37. The minimum atomic E-state index is -0.526. The van der Waals surface area contributed by atoms with Crippen LogP contribution in [-0.2, 0) is 0 Å². The predicted octanol–water partition coefficient (Wildman–Crippen LogP) is 1.75. The van der Waals surface area contributed by atoms with E-state index in [1.807, 2.05) is 6.92 Å². The van der Waals surface area contributed by atoms with Crippen LogP contribution in [-0.4, -0.2) is 28.8 Å². The number of carbonyl (C=O) groups is 1. The van der Waals surface area contributed by atoms with Gasteiger partial charge in [-0.2, -0.15) is 0 Å².